The zero-order chi connectivity index (χ0) is 22.1. The minimum absolute atomic E-state index is 0.160. The third-order valence-corrected chi connectivity index (χ3v) is 5.09. The van der Waals surface area contributed by atoms with Gasteiger partial charge < -0.3 is 19.9 Å². The first kappa shape index (κ1) is 22.8. The number of carboxylic acids is 1. The molecule has 0 radical (unpaired) electrons. The molecule has 3 aromatic rings. The van der Waals surface area contributed by atoms with Gasteiger partial charge in [0.15, 0.2) is 0 Å². The van der Waals surface area contributed by atoms with Crippen LogP contribution in [0.25, 0.3) is 0 Å². The van der Waals surface area contributed by atoms with Crippen molar-refractivity contribution in [2.45, 2.75) is 19.3 Å². The zero-order valence-electron chi connectivity index (χ0n) is 16.8. The first-order valence-corrected chi connectivity index (χ1v) is 10.6. The molecule has 0 unspecified atom stereocenters. The molecule has 0 heterocycles. The van der Waals surface area contributed by atoms with Crippen LogP contribution in [0.1, 0.15) is 18.4 Å². The van der Waals surface area contributed by atoms with E-state index < -0.39 is 5.97 Å². The quantitative estimate of drug-likeness (QED) is 0.316. The lowest BCUT2D eigenvalue weighted by Crippen LogP contribution is -2.06. The Hall–Kier alpha value is -2.89. The molecule has 0 amide bonds. The number of hydrogen-bond donors (Lipinski definition) is 2. The number of para-hydroxylation sites is 2. The number of nitrogens with one attached hydrogen (secondary N) is 1. The lowest BCUT2D eigenvalue weighted by atomic mass is 10.1. The second-order valence-corrected chi connectivity index (χ2v) is 7.64. The van der Waals surface area contributed by atoms with Crippen molar-refractivity contribution in [3.05, 3.63) is 82.3 Å². The van der Waals surface area contributed by atoms with Gasteiger partial charge in [-0.3, -0.25) is 4.79 Å². The Bertz CT molecular complexity index is 991. The summed E-state index contributed by atoms with van der Waals surface area (Å²) in [5.41, 5.74) is 1.72. The van der Waals surface area contributed by atoms with Crippen LogP contribution in [-0.2, 0) is 11.2 Å². The maximum absolute atomic E-state index is 11.3. The van der Waals surface area contributed by atoms with Crippen LogP contribution in [0.5, 0.6) is 11.5 Å². The number of halogens is 2. The number of rotatable bonds is 11. The molecule has 0 saturated carbocycles. The van der Waals surface area contributed by atoms with Gasteiger partial charge in [0.2, 0.25) is 0 Å². The van der Waals surface area contributed by atoms with Gasteiger partial charge in [-0.2, -0.15) is 0 Å². The Morgan fingerprint density at radius 2 is 1.48 bits per heavy atom. The van der Waals surface area contributed by atoms with Crippen molar-refractivity contribution in [1.29, 1.82) is 0 Å². The molecule has 7 heteroatoms. The molecule has 0 saturated heterocycles. The van der Waals surface area contributed by atoms with Gasteiger partial charge in [-0.05, 0) is 60.9 Å². The van der Waals surface area contributed by atoms with Gasteiger partial charge in [0.1, 0.15) is 11.5 Å². The molecule has 3 aromatic carbocycles. The summed E-state index contributed by atoms with van der Waals surface area (Å²) in [6.07, 6.45) is 1.50. The Morgan fingerprint density at radius 3 is 2.13 bits per heavy atom. The number of carboxylic acid groups (broad SMARTS) is 1. The van der Waals surface area contributed by atoms with Gasteiger partial charge in [-0.1, -0.05) is 47.5 Å². The fourth-order valence-corrected chi connectivity index (χ4v) is 3.44. The van der Waals surface area contributed by atoms with Crippen molar-refractivity contribution in [3.8, 4) is 11.5 Å². The lowest BCUT2D eigenvalue weighted by molar-refractivity contribution is -0.136. The second-order valence-electron chi connectivity index (χ2n) is 6.83. The summed E-state index contributed by atoms with van der Waals surface area (Å²) in [5.74, 6) is 0.517. The number of ether oxygens (including phenoxy) is 2. The SMILES string of the molecule is O=C(O)Cc1cc(OCCCCOc2ccccc2)ccc1Nc1c(Cl)cccc1Cl. The van der Waals surface area contributed by atoms with E-state index in [0.29, 0.717) is 45.9 Å². The number of anilines is 2. The molecule has 0 aliphatic heterocycles. The summed E-state index contributed by atoms with van der Waals surface area (Å²) < 4.78 is 11.5. The summed E-state index contributed by atoms with van der Waals surface area (Å²) in [4.78, 5) is 11.3. The van der Waals surface area contributed by atoms with Crippen LogP contribution in [0, 0.1) is 0 Å². The minimum Gasteiger partial charge on any atom is -0.494 e. The molecular formula is C24H23Cl2NO4. The fourth-order valence-electron chi connectivity index (χ4n) is 2.94. The molecule has 0 bridgehead atoms. The Labute approximate surface area is 191 Å². The molecule has 3 rings (SSSR count). The first-order valence-electron chi connectivity index (χ1n) is 9.89. The van der Waals surface area contributed by atoms with Gasteiger partial charge in [0.05, 0.1) is 35.4 Å². The topological polar surface area (TPSA) is 67.8 Å². The van der Waals surface area contributed by atoms with Crippen LogP contribution < -0.4 is 14.8 Å². The van der Waals surface area contributed by atoms with Gasteiger partial charge in [0.25, 0.3) is 0 Å². The standard InChI is InChI=1S/C24H23Cl2NO4/c25-20-9-6-10-21(26)24(20)27-22-12-11-19(15-17(22)16-23(28)29)31-14-5-4-13-30-18-7-2-1-3-8-18/h1-3,6-12,15,27H,4-5,13-14,16H2,(H,28,29). The maximum Gasteiger partial charge on any atom is 0.307 e. The average molecular weight is 460 g/mol. The number of unbranched alkanes of at least 4 members (excludes halogenated alkanes) is 1. The highest BCUT2D eigenvalue weighted by Crippen LogP contribution is 2.34. The minimum atomic E-state index is -0.941. The van der Waals surface area contributed by atoms with E-state index in [1.165, 1.54) is 0 Å². The molecule has 0 atom stereocenters. The van der Waals surface area contributed by atoms with E-state index in [9.17, 15) is 9.90 Å². The van der Waals surface area contributed by atoms with Crippen molar-refractivity contribution in [2.24, 2.45) is 0 Å². The van der Waals surface area contributed by atoms with Crippen LogP contribution in [0.4, 0.5) is 11.4 Å². The Morgan fingerprint density at radius 1 is 0.839 bits per heavy atom. The molecule has 0 aliphatic carbocycles. The van der Waals surface area contributed by atoms with Crippen molar-refractivity contribution >= 4 is 40.5 Å². The zero-order valence-corrected chi connectivity index (χ0v) is 18.3. The smallest absolute Gasteiger partial charge is 0.307 e. The van der Waals surface area contributed by atoms with Crippen molar-refractivity contribution in [3.63, 3.8) is 0 Å². The van der Waals surface area contributed by atoms with E-state index in [0.717, 1.165) is 18.6 Å². The van der Waals surface area contributed by atoms with Crippen molar-refractivity contribution < 1.29 is 19.4 Å². The van der Waals surface area contributed by atoms with E-state index in [2.05, 4.69) is 5.32 Å². The second kappa shape index (κ2) is 11.5. The summed E-state index contributed by atoms with van der Waals surface area (Å²) in [5, 5.41) is 13.3. The predicted octanol–water partition coefficient (Wildman–Crippen LogP) is 6.60. The first-order chi connectivity index (χ1) is 15.0. The van der Waals surface area contributed by atoms with E-state index in [-0.39, 0.29) is 6.42 Å². The molecule has 0 aliphatic rings. The van der Waals surface area contributed by atoms with Crippen LogP contribution in [0.3, 0.4) is 0 Å². The van der Waals surface area contributed by atoms with Gasteiger partial charge in [0, 0.05) is 5.69 Å². The fraction of sp³-hybridized carbons (Fsp3) is 0.208. The molecule has 0 spiro atoms. The lowest BCUT2D eigenvalue weighted by Gasteiger charge is -2.15. The van der Waals surface area contributed by atoms with E-state index in [1.54, 1.807) is 36.4 Å². The number of aliphatic carboxylic acids is 1. The van der Waals surface area contributed by atoms with E-state index in [1.807, 2.05) is 30.3 Å². The van der Waals surface area contributed by atoms with Gasteiger partial charge in [-0.25, -0.2) is 0 Å². The molecule has 0 fully saturated rings. The van der Waals surface area contributed by atoms with Crippen molar-refractivity contribution in [1.82, 2.24) is 0 Å². The van der Waals surface area contributed by atoms with Crippen LogP contribution >= 0.6 is 23.2 Å². The summed E-state index contributed by atoms with van der Waals surface area (Å²) >= 11 is 12.4. The number of benzene rings is 3. The van der Waals surface area contributed by atoms with Crippen LogP contribution in [0.15, 0.2) is 66.7 Å². The van der Waals surface area contributed by atoms with Gasteiger partial charge in [-0.15, -0.1) is 0 Å². The van der Waals surface area contributed by atoms with Crippen LogP contribution in [0.2, 0.25) is 10.0 Å². The third-order valence-electron chi connectivity index (χ3n) is 4.46. The monoisotopic (exact) mass is 459 g/mol. The maximum atomic E-state index is 11.3. The molecule has 31 heavy (non-hydrogen) atoms. The van der Waals surface area contributed by atoms with E-state index >= 15 is 0 Å². The third kappa shape index (κ3) is 7.09. The summed E-state index contributed by atoms with van der Waals surface area (Å²) in [6.45, 7) is 1.12. The summed E-state index contributed by atoms with van der Waals surface area (Å²) in [6, 6.07) is 20.1. The highest BCUT2D eigenvalue weighted by Gasteiger charge is 2.12. The molecule has 0 aromatic heterocycles. The molecule has 162 valence electrons. The average Bonchev–Trinajstić information content (AvgIpc) is 2.75. The molecule has 5 nitrogen and oxygen atoms in total. The highest BCUT2D eigenvalue weighted by molar-refractivity contribution is 6.39. The van der Waals surface area contributed by atoms with Gasteiger partial charge >= 0.3 is 5.97 Å². The predicted molar refractivity (Wildman–Crippen MR) is 124 cm³/mol. The number of carbonyl (C=O) groups is 1. The molecular weight excluding hydrogens is 437 g/mol. The Kier molecular flexibility index (Phi) is 8.44. The van der Waals surface area contributed by atoms with Crippen LogP contribution in [-0.4, -0.2) is 24.3 Å². The largest absolute Gasteiger partial charge is 0.494 e. The molecule has 2 N–H and O–H groups in total. The van der Waals surface area contributed by atoms with Crippen molar-refractivity contribution in [2.75, 3.05) is 18.5 Å². The van der Waals surface area contributed by atoms with E-state index in [4.69, 9.17) is 32.7 Å². The highest BCUT2D eigenvalue weighted by atomic mass is 35.5. The summed E-state index contributed by atoms with van der Waals surface area (Å²) in [7, 11) is 0. The number of hydrogen-bond acceptors (Lipinski definition) is 4. The Balaban J connectivity index is 1.57. The normalized spacial score (nSPS) is 10.5.